The number of aliphatic imine (C=N–C) groups is 2. The van der Waals surface area contributed by atoms with Crippen LogP contribution in [0.3, 0.4) is 0 Å². The minimum absolute atomic E-state index is 0.449. The van der Waals surface area contributed by atoms with Gasteiger partial charge in [0.25, 0.3) is 0 Å². The Hall–Kier alpha value is -3.02. The van der Waals surface area contributed by atoms with Crippen LogP contribution >= 0.6 is 0 Å². The highest BCUT2D eigenvalue weighted by Gasteiger charge is 2.42. The summed E-state index contributed by atoms with van der Waals surface area (Å²) >= 11 is 0. The minimum atomic E-state index is 0.449. The molecule has 5 nitrogen and oxygen atoms in total. The van der Waals surface area contributed by atoms with Gasteiger partial charge in [-0.1, -0.05) is 18.2 Å². The molecule has 1 aliphatic carbocycles. The van der Waals surface area contributed by atoms with Gasteiger partial charge in [0.05, 0.1) is 18.4 Å². The Morgan fingerprint density at radius 2 is 1.89 bits per heavy atom. The average Bonchev–Trinajstić information content (AvgIpc) is 3.11. The van der Waals surface area contributed by atoms with Gasteiger partial charge >= 0.3 is 0 Å². The van der Waals surface area contributed by atoms with Crippen molar-refractivity contribution in [1.82, 2.24) is 5.43 Å². The number of quaternary nitrogens is 1. The fraction of sp³-hybridized carbons (Fsp3) is 0.217. The molecule has 1 fully saturated rings. The molecule has 2 aromatic rings. The Labute approximate surface area is 165 Å². The van der Waals surface area contributed by atoms with Crippen molar-refractivity contribution in [2.24, 2.45) is 9.98 Å². The van der Waals surface area contributed by atoms with Gasteiger partial charge in [-0.15, -0.1) is 10.0 Å². The predicted octanol–water partition coefficient (Wildman–Crippen LogP) is 4.82. The molecule has 3 aliphatic rings. The van der Waals surface area contributed by atoms with Gasteiger partial charge in [-0.3, -0.25) is 0 Å². The van der Waals surface area contributed by atoms with E-state index in [1.54, 1.807) is 0 Å². The van der Waals surface area contributed by atoms with Crippen molar-refractivity contribution >= 4 is 12.1 Å². The lowest BCUT2D eigenvalue weighted by atomic mass is 9.94. The summed E-state index contributed by atoms with van der Waals surface area (Å²) in [5, 5.41) is 0. The lowest BCUT2D eigenvalue weighted by Gasteiger charge is -2.37. The molecule has 0 aromatic heterocycles. The van der Waals surface area contributed by atoms with Crippen LogP contribution in [0.5, 0.6) is 11.5 Å². The van der Waals surface area contributed by atoms with Crippen molar-refractivity contribution < 1.29 is 9.33 Å². The van der Waals surface area contributed by atoms with E-state index in [2.05, 4.69) is 33.7 Å². The molecule has 1 atom stereocenters. The van der Waals surface area contributed by atoms with Crippen molar-refractivity contribution in [3.05, 3.63) is 84.0 Å². The summed E-state index contributed by atoms with van der Waals surface area (Å²) in [6, 6.07) is 16.7. The SMILES string of the molecule is Cc1ccccc1Oc1ccc(C2=NC=C[N+]3(NC4CCC4)C=NC=C23)cc1. The second-order valence-corrected chi connectivity index (χ2v) is 7.48. The first-order valence-electron chi connectivity index (χ1n) is 9.75. The second kappa shape index (κ2) is 6.86. The molecule has 0 bridgehead atoms. The largest absolute Gasteiger partial charge is 0.457 e. The first-order chi connectivity index (χ1) is 13.7. The third-order valence-electron chi connectivity index (χ3n) is 5.54. The average molecular weight is 371 g/mol. The fourth-order valence-corrected chi connectivity index (χ4v) is 3.69. The van der Waals surface area contributed by atoms with Gasteiger partial charge in [-0.05, 0) is 62.1 Å². The molecule has 28 heavy (non-hydrogen) atoms. The maximum absolute atomic E-state index is 6.02. The van der Waals surface area contributed by atoms with Crippen LogP contribution in [0.2, 0.25) is 0 Å². The molecule has 0 radical (unpaired) electrons. The number of rotatable bonds is 5. The minimum Gasteiger partial charge on any atom is -0.457 e. The zero-order chi connectivity index (χ0) is 19.0. The quantitative estimate of drug-likeness (QED) is 0.766. The van der Waals surface area contributed by atoms with Crippen LogP contribution in [0.4, 0.5) is 0 Å². The summed E-state index contributed by atoms with van der Waals surface area (Å²) in [6.45, 7) is 2.05. The number of hydrogen-bond acceptors (Lipinski definition) is 4. The molecule has 140 valence electrons. The maximum Gasteiger partial charge on any atom is 0.219 e. The zero-order valence-electron chi connectivity index (χ0n) is 15.9. The molecular formula is C23H23N4O+. The molecule has 5 rings (SSSR count). The normalized spacial score (nSPS) is 23.0. The summed E-state index contributed by atoms with van der Waals surface area (Å²) in [7, 11) is 0. The Kier molecular flexibility index (Phi) is 4.19. The Morgan fingerprint density at radius 3 is 2.64 bits per heavy atom. The van der Waals surface area contributed by atoms with E-state index in [4.69, 9.17) is 4.74 Å². The van der Waals surface area contributed by atoms with Crippen molar-refractivity contribution in [3.8, 4) is 11.5 Å². The molecule has 1 N–H and O–H groups in total. The number of para-hydroxylation sites is 1. The van der Waals surface area contributed by atoms with Crippen molar-refractivity contribution in [2.75, 3.05) is 0 Å². The monoisotopic (exact) mass is 371 g/mol. The summed E-state index contributed by atoms with van der Waals surface area (Å²) in [5.74, 6) is 1.69. The number of aryl methyl sites for hydroxylation is 1. The highest BCUT2D eigenvalue weighted by molar-refractivity contribution is 6.13. The first-order valence-corrected chi connectivity index (χ1v) is 9.75. The molecule has 5 heteroatoms. The third-order valence-corrected chi connectivity index (χ3v) is 5.54. The summed E-state index contributed by atoms with van der Waals surface area (Å²) < 4.78 is 6.47. The molecule has 0 spiro atoms. The van der Waals surface area contributed by atoms with Gasteiger partial charge in [0.15, 0.2) is 0 Å². The highest BCUT2D eigenvalue weighted by Crippen LogP contribution is 2.31. The van der Waals surface area contributed by atoms with Crippen LogP contribution in [-0.2, 0) is 0 Å². The van der Waals surface area contributed by atoms with Crippen LogP contribution in [-0.4, -0.2) is 22.7 Å². The smallest absolute Gasteiger partial charge is 0.219 e. The maximum atomic E-state index is 6.02. The van der Waals surface area contributed by atoms with Gasteiger partial charge in [-0.2, -0.15) is 0 Å². The standard InChI is InChI=1S/C23H23N4O/c1-17-5-2-3-8-22(17)28-20-11-9-18(10-12-20)23-21-15-24-16-27(21,14-13-25-23)26-19-6-4-7-19/h2-3,5,8-16,19,26H,4,6-7H2,1H3/q+1. The van der Waals surface area contributed by atoms with Crippen LogP contribution in [0, 0.1) is 6.92 Å². The van der Waals surface area contributed by atoms with E-state index in [1.807, 2.05) is 62.1 Å². The molecule has 0 amide bonds. The Morgan fingerprint density at radius 1 is 1.07 bits per heavy atom. The van der Waals surface area contributed by atoms with Gasteiger partial charge < -0.3 is 4.74 Å². The highest BCUT2D eigenvalue weighted by atomic mass is 16.5. The summed E-state index contributed by atoms with van der Waals surface area (Å²) in [4.78, 5) is 9.09. The van der Waals surface area contributed by atoms with E-state index >= 15 is 0 Å². The first kappa shape index (κ1) is 17.1. The van der Waals surface area contributed by atoms with Crippen molar-refractivity contribution in [3.63, 3.8) is 0 Å². The number of nitrogens with zero attached hydrogens (tertiary/aromatic N) is 3. The molecule has 1 unspecified atom stereocenters. The van der Waals surface area contributed by atoms with Gasteiger partial charge in [0, 0.05) is 5.56 Å². The molecular weight excluding hydrogens is 348 g/mol. The van der Waals surface area contributed by atoms with Crippen LogP contribution < -0.4 is 10.2 Å². The van der Waals surface area contributed by atoms with E-state index in [-0.39, 0.29) is 0 Å². The molecule has 0 saturated heterocycles. The zero-order valence-corrected chi connectivity index (χ0v) is 15.9. The van der Waals surface area contributed by atoms with E-state index in [0.717, 1.165) is 34.0 Å². The van der Waals surface area contributed by atoms with Crippen LogP contribution in [0.25, 0.3) is 0 Å². The van der Waals surface area contributed by atoms with E-state index in [0.29, 0.717) is 10.6 Å². The third kappa shape index (κ3) is 2.99. The summed E-state index contributed by atoms with van der Waals surface area (Å²) in [5.41, 5.74) is 7.87. The number of allylic oxidation sites excluding steroid dienone is 1. The molecule has 2 aliphatic heterocycles. The lowest BCUT2D eigenvalue weighted by Crippen LogP contribution is -2.58. The molecule has 2 heterocycles. The summed E-state index contributed by atoms with van der Waals surface area (Å²) in [6.07, 6.45) is 11.5. The molecule has 1 saturated carbocycles. The van der Waals surface area contributed by atoms with Gasteiger partial charge in [0.2, 0.25) is 12.0 Å². The van der Waals surface area contributed by atoms with Crippen molar-refractivity contribution in [1.29, 1.82) is 0 Å². The number of hydrogen-bond donors (Lipinski definition) is 1. The van der Waals surface area contributed by atoms with Gasteiger partial charge in [0.1, 0.15) is 23.4 Å². The number of ether oxygens (including phenoxy) is 1. The van der Waals surface area contributed by atoms with Crippen molar-refractivity contribution in [2.45, 2.75) is 32.2 Å². The van der Waals surface area contributed by atoms with Crippen LogP contribution in [0.1, 0.15) is 30.4 Å². The number of benzene rings is 2. The molecule has 2 aromatic carbocycles. The second-order valence-electron chi connectivity index (χ2n) is 7.48. The van der Waals surface area contributed by atoms with Crippen LogP contribution in [0.15, 0.2) is 82.8 Å². The lowest BCUT2D eigenvalue weighted by molar-refractivity contribution is -0.788. The number of nitrogens with one attached hydrogen (secondary N) is 1. The Bertz CT molecular complexity index is 1020. The van der Waals surface area contributed by atoms with E-state index in [1.165, 1.54) is 19.3 Å². The number of fused-ring (bicyclic) bond motifs is 1. The van der Waals surface area contributed by atoms with E-state index in [9.17, 15) is 0 Å². The topological polar surface area (TPSA) is 46.0 Å². The fourth-order valence-electron chi connectivity index (χ4n) is 3.69. The van der Waals surface area contributed by atoms with E-state index < -0.39 is 0 Å². The van der Waals surface area contributed by atoms with Gasteiger partial charge in [-0.25, -0.2) is 9.98 Å². The Balaban J connectivity index is 1.38. The predicted molar refractivity (Wildman–Crippen MR) is 111 cm³/mol.